The second-order valence-corrected chi connectivity index (χ2v) is 7.35. The van der Waals surface area contributed by atoms with Crippen LogP contribution in [0.4, 0.5) is 14.9 Å². The Kier molecular flexibility index (Phi) is 8.05. The Morgan fingerprint density at radius 3 is 2.74 bits per heavy atom. The third-order valence-electron chi connectivity index (χ3n) is 4.83. The van der Waals surface area contributed by atoms with Gasteiger partial charge in [0.2, 0.25) is 0 Å². The maximum atomic E-state index is 13.0. The summed E-state index contributed by atoms with van der Waals surface area (Å²) < 4.78 is 14.7. The monoisotopic (exact) mass is 425 g/mol. The number of aryl methyl sites for hydroxylation is 1. The molecule has 0 saturated heterocycles. The number of nitrogens with zero attached hydrogens (tertiary/aromatic N) is 5. The molecule has 2 aromatic carbocycles. The second-order valence-electron chi connectivity index (χ2n) is 7.35. The number of tetrazole rings is 1. The summed E-state index contributed by atoms with van der Waals surface area (Å²) in [4.78, 5) is 14.4. The molecule has 1 aromatic heterocycles. The number of benzene rings is 2. The molecule has 0 unspecified atom stereocenters. The summed E-state index contributed by atoms with van der Waals surface area (Å²) in [6, 6.07) is 13.8. The van der Waals surface area contributed by atoms with Gasteiger partial charge in [0.15, 0.2) is 5.82 Å². The molecule has 0 aliphatic heterocycles. The van der Waals surface area contributed by atoms with Crippen LogP contribution in [0.25, 0.3) is 11.4 Å². The van der Waals surface area contributed by atoms with Gasteiger partial charge in [0.25, 0.3) is 0 Å². The summed E-state index contributed by atoms with van der Waals surface area (Å²) in [7, 11) is 2.03. The lowest BCUT2D eigenvalue weighted by molar-refractivity contribution is 0.251. The standard InChI is InChI=1S/C22H28FN7O/c1-3-30-21(26-27-28-30)18-7-6-8-20(15-18)25-22(31)24-13-4-5-14-29(2)16-17-9-11-19(23)12-10-17/h6-12,15H,3-5,13-14,16H2,1-2H3,(H2,24,25,31). The Balaban J connectivity index is 1.37. The van der Waals surface area contributed by atoms with E-state index in [-0.39, 0.29) is 11.8 Å². The van der Waals surface area contributed by atoms with Crippen LogP contribution >= 0.6 is 0 Å². The van der Waals surface area contributed by atoms with Gasteiger partial charge in [-0.05, 0) is 73.6 Å². The van der Waals surface area contributed by atoms with Crippen molar-refractivity contribution in [2.45, 2.75) is 32.9 Å². The number of carbonyl (C=O) groups excluding carboxylic acids is 1. The zero-order valence-corrected chi connectivity index (χ0v) is 17.9. The molecule has 3 rings (SSSR count). The average molecular weight is 426 g/mol. The molecule has 2 N–H and O–H groups in total. The highest BCUT2D eigenvalue weighted by molar-refractivity contribution is 5.89. The number of unbranched alkanes of at least 4 members (excludes halogenated alkanes) is 1. The van der Waals surface area contributed by atoms with Crippen LogP contribution in [-0.2, 0) is 13.1 Å². The Morgan fingerprint density at radius 1 is 1.16 bits per heavy atom. The molecule has 0 fully saturated rings. The van der Waals surface area contributed by atoms with Crippen LogP contribution in [0.2, 0.25) is 0 Å². The minimum absolute atomic E-state index is 0.219. The molecule has 0 aliphatic rings. The molecule has 3 aromatic rings. The zero-order chi connectivity index (χ0) is 22.1. The van der Waals surface area contributed by atoms with Gasteiger partial charge in [-0.25, -0.2) is 13.9 Å². The van der Waals surface area contributed by atoms with Crippen molar-refractivity contribution in [2.75, 3.05) is 25.5 Å². The zero-order valence-electron chi connectivity index (χ0n) is 17.9. The van der Waals surface area contributed by atoms with E-state index in [1.807, 2.05) is 38.2 Å². The number of rotatable bonds is 10. The second kappa shape index (κ2) is 11.2. The molecule has 2 amide bonds. The van der Waals surface area contributed by atoms with Crippen LogP contribution in [0.3, 0.4) is 0 Å². The maximum absolute atomic E-state index is 13.0. The van der Waals surface area contributed by atoms with E-state index < -0.39 is 0 Å². The maximum Gasteiger partial charge on any atom is 0.319 e. The number of carbonyl (C=O) groups is 1. The van der Waals surface area contributed by atoms with E-state index in [1.165, 1.54) is 12.1 Å². The predicted molar refractivity (Wildman–Crippen MR) is 118 cm³/mol. The first-order valence-electron chi connectivity index (χ1n) is 10.4. The minimum Gasteiger partial charge on any atom is -0.338 e. The summed E-state index contributed by atoms with van der Waals surface area (Å²) in [6.45, 7) is 4.89. The smallest absolute Gasteiger partial charge is 0.319 e. The summed E-state index contributed by atoms with van der Waals surface area (Å²) in [6.07, 6.45) is 1.82. The molecule has 0 saturated carbocycles. The highest BCUT2D eigenvalue weighted by Crippen LogP contribution is 2.20. The Labute approximate surface area is 181 Å². The third-order valence-corrected chi connectivity index (χ3v) is 4.83. The molecular formula is C22H28FN7O. The number of amides is 2. The topological polar surface area (TPSA) is 88.0 Å². The first-order valence-corrected chi connectivity index (χ1v) is 10.4. The van der Waals surface area contributed by atoms with E-state index in [9.17, 15) is 9.18 Å². The van der Waals surface area contributed by atoms with Crippen LogP contribution in [0.1, 0.15) is 25.3 Å². The Hall–Kier alpha value is -3.33. The molecule has 31 heavy (non-hydrogen) atoms. The number of hydrogen-bond donors (Lipinski definition) is 2. The van der Waals surface area contributed by atoms with Crippen molar-refractivity contribution in [1.82, 2.24) is 30.4 Å². The van der Waals surface area contributed by atoms with E-state index in [1.54, 1.807) is 16.8 Å². The highest BCUT2D eigenvalue weighted by Gasteiger charge is 2.09. The van der Waals surface area contributed by atoms with Crippen molar-refractivity contribution < 1.29 is 9.18 Å². The van der Waals surface area contributed by atoms with Crippen molar-refractivity contribution in [3.05, 3.63) is 59.9 Å². The van der Waals surface area contributed by atoms with Crippen molar-refractivity contribution in [1.29, 1.82) is 0 Å². The lowest BCUT2D eigenvalue weighted by Crippen LogP contribution is -2.30. The molecular weight excluding hydrogens is 397 g/mol. The van der Waals surface area contributed by atoms with Crippen molar-refractivity contribution in [2.24, 2.45) is 0 Å². The summed E-state index contributed by atoms with van der Waals surface area (Å²) >= 11 is 0. The predicted octanol–water partition coefficient (Wildman–Crippen LogP) is 3.53. The lowest BCUT2D eigenvalue weighted by atomic mass is 10.2. The van der Waals surface area contributed by atoms with E-state index >= 15 is 0 Å². The molecule has 0 spiro atoms. The summed E-state index contributed by atoms with van der Waals surface area (Å²) in [5.74, 6) is 0.444. The van der Waals surface area contributed by atoms with Gasteiger partial charge in [0, 0.05) is 30.9 Å². The van der Waals surface area contributed by atoms with Gasteiger partial charge in [0.05, 0.1) is 0 Å². The highest BCUT2D eigenvalue weighted by atomic mass is 19.1. The van der Waals surface area contributed by atoms with Gasteiger partial charge in [-0.2, -0.15) is 0 Å². The van der Waals surface area contributed by atoms with Crippen molar-refractivity contribution in [3.63, 3.8) is 0 Å². The SMILES string of the molecule is CCn1nnnc1-c1cccc(NC(=O)NCCCCN(C)Cc2ccc(F)cc2)c1. The first kappa shape index (κ1) is 22.4. The molecule has 8 nitrogen and oxygen atoms in total. The Bertz CT molecular complexity index is 974. The van der Waals surface area contributed by atoms with E-state index in [4.69, 9.17) is 0 Å². The van der Waals surface area contributed by atoms with E-state index in [2.05, 4.69) is 31.1 Å². The number of nitrogens with one attached hydrogen (secondary N) is 2. The molecule has 0 atom stereocenters. The fraction of sp³-hybridized carbons (Fsp3) is 0.364. The fourth-order valence-electron chi connectivity index (χ4n) is 3.22. The summed E-state index contributed by atoms with van der Waals surface area (Å²) in [5, 5.41) is 17.4. The number of hydrogen-bond acceptors (Lipinski definition) is 5. The van der Waals surface area contributed by atoms with Crippen molar-refractivity contribution >= 4 is 11.7 Å². The average Bonchev–Trinajstić information content (AvgIpc) is 3.24. The number of halogens is 1. The van der Waals surface area contributed by atoms with Gasteiger partial charge in [0.1, 0.15) is 5.82 Å². The first-order chi connectivity index (χ1) is 15.0. The number of aromatic nitrogens is 4. The molecule has 0 radical (unpaired) electrons. The molecule has 1 heterocycles. The Morgan fingerprint density at radius 2 is 1.97 bits per heavy atom. The molecule has 0 aliphatic carbocycles. The fourth-order valence-corrected chi connectivity index (χ4v) is 3.22. The van der Waals surface area contributed by atoms with Crippen LogP contribution in [0, 0.1) is 5.82 Å². The van der Waals surface area contributed by atoms with Crippen molar-refractivity contribution in [3.8, 4) is 11.4 Å². The van der Waals surface area contributed by atoms with Crippen LogP contribution in [0.5, 0.6) is 0 Å². The lowest BCUT2D eigenvalue weighted by Gasteiger charge is -2.16. The molecule has 164 valence electrons. The summed E-state index contributed by atoms with van der Waals surface area (Å²) in [5.41, 5.74) is 2.60. The van der Waals surface area contributed by atoms with Gasteiger partial charge < -0.3 is 15.5 Å². The third kappa shape index (κ3) is 6.85. The number of anilines is 1. The van der Waals surface area contributed by atoms with Gasteiger partial charge in [-0.3, -0.25) is 0 Å². The van der Waals surface area contributed by atoms with Crippen LogP contribution in [-0.4, -0.2) is 51.3 Å². The normalized spacial score (nSPS) is 11.0. The molecule has 9 heteroatoms. The van der Waals surface area contributed by atoms with E-state index in [0.717, 1.165) is 37.1 Å². The van der Waals surface area contributed by atoms with Gasteiger partial charge >= 0.3 is 6.03 Å². The minimum atomic E-state index is -0.244. The van der Waals surface area contributed by atoms with E-state index in [0.29, 0.717) is 24.6 Å². The quantitative estimate of drug-likeness (QED) is 0.485. The largest absolute Gasteiger partial charge is 0.338 e. The van der Waals surface area contributed by atoms with Gasteiger partial charge in [-0.1, -0.05) is 24.3 Å². The number of urea groups is 1. The van der Waals surface area contributed by atoms with Crippen LogP contribution < -0.4 is 10.6 Å². The van der Waals surface area contributed by atoms with Crippen LogP contribution in [0.15, 0.2) is 48.5 Å². The molecule has 0 bridgehead atoms. The van der Waals surface area contributed by atoms with Gasteiger partial charge in [-0.15, -0.1) is 5.10 Å².